The Morgan fingerprint density at radius 3 is 3.13 bits per heavy atom. The van der Waals surface area contributed by atoms with Crippen molar-refractivity contribution >= 4 is 11.3 Å². The summed E-state index contributed by atoms with van der Waals surface area (Å²) in [6.07, 6.45) is 6.30. The molecule has 0 radical (unpaired) electrons. The second-order valence-corrected chi connectivity index (χ2v) is 5.45. The van der Waals surface area contributed by atoms with Crippen LogP contribution in [-0.2, 0) is 11.2 Å². The minimum atomic E-state index is -0.272. The normalized spacial score (nSPS) is 35.9. The van der Waals surface area contributed by atoms with Crippen molar-refractivity contribution in [3.8, 4) is 0 Å². The maximum atomic E-state index is 10.1. The minimum absolute atomic E-state index is 0.272. The van der Waals surface area contributed by atoms with Gasteiger partial charge in [0.2, 0.25) is 0 Å². The minimum Gasteiger partial charge on any atom is -0.392 e. The van der Waals surface area contributed by atoms with Crippen LogP contribution in [0.2, 0.25) is 0 Å². The number of ether oxygens (including phenoxy) is 1. The Balaban J connectivity index is 1.63. The van der Waals surface area contributed by atoms with Crippen LogP contribution in [-0.4, -0.2) is 28.4 Å². The van der Waals surface area contributed by atoms with Gasteiger partial charge in [-0.05, 0) is 19.3 Å². The highest BCUT2D eigenvalue weighted by atomic mass is 32.1. The SMILES string of the molecule is OC(Cc1nccs1)C1CC2CCC1O2. The summed E-state index contributed by atoms with van der Waals surface area (Å²) in [5.41, 5.74) is 0. The molecule has 82 valence electrons. The van der Waals surface area contributed by atoms with Crippen LogP contribution in [0.25, 0.3) is 0 Å². The van der Waals surface area contributed by atoms with Crippen molar-refractivity contribution in [3.05, 3.63) is 16.6 Å². The molecule has 2 saturated heterocycles. The molecule has 0 amide bonds. The first-order valence-corrected chi connectivity index (χ1v) is 6.43. The average molecular weight is 225 g/mol. The fourth-order valence-electron chi connectivity index (χ4n) is 2.77. The third kappa shape index (κ3) is 1.82. The predicted molar refractivity (Wildman–Crippen MR) is 57.8 cm³/mol. The summed E-state index contributed by atoms with van der Waals surface area (Å²) in [5.74, 6) is 0.340. The van der Waals surface area contributed by atoms with E-state index in [1.54, 1.807) is 17.5 Å². The molecule has 4 unspecified atom stereocenters. The van der Waals surface area contributed by atoms with Crippen molar-refractivity contribution in [2.24, 2.45) is 5.92 Å². The molecule has 2 fully saturated rings. The van der Waals surface area contributed by atoms with Crippen molar-refractivity contribution in [2.75, 3.05) is 0 Å². The monoisotopic (exact) mass is 225 g/mol. The molecule has 0 aromatic carbocycles. The van der Waals surface area contributed by atoms with E-state index in [-0.39, 0.29) is 6.10 Å². The summed E-state index contributed by atoms with van der Waals surface area (Å²) in [5, 5.41) is 13.1. The predicted octanol–water partition coefficient (Wildman–Crippen LogP) is 1.61. The van der Waals surface area contributed by atoms with E-state index in [2.05, 4.69) is 4.98 Å². The molecule has 4 atom stereocenters. The number of aliphatic hydroxyl groups is 1. The van der Waals surface area contributed by atoms with Gasteiger partial charge in [0.05, 0.1) is 23.3 Å². The lowest BCUT2D eigenvalue weighted by molar-refractivity contribution is 0.0431. The topological polar surface area (TPSA) is 42.4 Å². The number of nitrogens with zero attached hydrogens (tertiary/aromatic N) is 1. The fraction of sp³-hybridized carbons (Fsp3) is 0.727. The van der Waals surface area contributed by atoms with E-state index in [9.17, 15) is 5.11 Å². The molecule has 4 heteroatoms. The lowest BCUT2D eigenvalue weighted by Crippen LogP contribution is -2.30. The Kier molecular flexibility index (Phi) is 2.50. The highest BCUT2D eigenvalue weighted by molar-refractivity contribution is 7.09. The molecular weight excluding hydrogens is 210 g/mol. The number of hydrogen-bond acceptors (Lipinski definition) is 4. The molecule has 0 spiro atoms. The number of fused-ring (bicyclic) bond motifs is 2. The first-order chi connectivity index (χ1) is 7.33. The van der Waals surface area contributed by atoms with Gasteiger partial charge >= 0.3 is 0 Å². The van der Waals surface area contributed by atoms with Crippen molar-refractivity contribution in [1.29, 1.82) is 0 Å². The van der Waals surface area contributed by atoms with Crippen LogP contribution in [0, 0.1) is 5.92 Å². The summed E-state index contributed by atoms with van der Waals surface area (Å²) in [6, 6.07) is 0. The van der Waals surface area contributed by atoms with Crippen molar-refractivity contribution in [1.82, 2.24) is 4.98 Å². The van der Waals surface area contributed by atoms with Crippen LogP contribution < -0.4 is 0 Å². The second-order valence-electron chi connectivity index (χ2n) is 4.47. The summed E-state index contributed by atoms with van der Waals surface area (Å²) in [4.78, 5) is 4.21. The van der Waals surface area contributed by atoms with Gasteiger partial charge in [-0.3, -0.25) is 0 Å². The molecule has 3 rings (SSSR count). The van der Waals surface area contributed by atoms with E-state index in [1.807, 2.05) is 5.38 Å². The smallest absolute Gasteiger partial charge is 0.0950 e. The first-order valence-electron chi connectivity index (χ1n) is 5.55. The maximum absolute atomic E-state index is 10.1. The van der Waals surface area contributed by atoms with Gasteiger partial charge in [0, 0.05) is 23.9 Å². The third-order valence-corrected chi connectivity index (χ3v) is 4.32. The highest BCUT2D eigenvalue weighted by Gasteiger charge is 2.43. The van der Waals surface area contributed by atoms with Gasteiger partial charge in [0.1, 0.15) is 0 Å². The molecule has 1 aromatic heterocycles. The van der Waals surface area contributed by atoms with Crippen LogP contribution in [0.3, 0.4) is 0 Å². The number of aliphatic hydroxyl groups excluding tert-OH is 1. The van der Waals surface area contributed by atoms with Crippen molar-refractivity contribution < 1.29 is 9.84 Å². The lowest BCUT2D eigenvalue weighted by atomic mass is 9.84. The highest BCUT2D eigenvalue weighted by Crippen LogP contribution is 2.40. The van der Waals surface area contributed by atoms with Gasteiger partial charge in [-0.15, -0.1) is 11.3 Å². The van der Waals surface area contributed by atoms with Gasteiger partial charge in [0.15, 0.2) is 0 Å². The average Bonchev–Trinajstić information content (AvgIpc) is 2.93. The van der Waals surface area contributed by atoms with Crippen molar-refractivity contribution in [2.45, 2.75) is 44.0 Å². The quantitative estimate of drug-likeness (QED) is 0.850. The van der Waals surface area contributed by atoms with Crippen LogP contribution in [0.15, 0.2) is 11.6 Å². The number of hydrogen-bond donors (Lipinski definition) is 1. The first kappa shape index (κ1) is 9.75. The van der Waals surface area contributed by atoms with E-state index >= 15 is 0 Å². The van der Waals surface area contributed by atoms with E-state index in [0.29, 0.717) is 24.5 Å². The zero-order valence-electron chi connectivity index (χ0n) is 8.50. The largest absolute Gasteiger partial charge is 0.392 e. The zero-order valence-corrected chi connectivity index (χ0v) is 9.32. The van der Waals surface area contributed by atoms with Crippen LogP contribution in [0.5, 0.6) is 0 Å². The van der Waals surface area contributed by atoms with Crippen molar-refractivity contribution in [3.63, 3.8) is 0 Å². The molecule has 1 N–H and O–H groups in total. The number of aromatic nitrogens is 1. The van der Waals surface area contributed by atoms with Gasteiger partial charge in [0.25, 0.3) is 0 Å². The van der Waals surface area contributed by atoms with E-state index < -0.39 is 0 Å². The molecule has 2 aliphatic rings. The van der Waals surface area contributed by atoms with Crippen LogP contribution >= 0.6 is 11.3 Å². The molecule has 0 saturated carbocycles. The summed E-state index contributed by atoms with van der Waals surface area (Å²) >= 11 is 1.62. The number of thiazole rings is 1. The molecule has 1 aromatic rings. The van der Waals surface area contributed by atoms with Gasteiger partial charge in [-0.1, -0.05) is 0 Å². The Hall–Kier alpha value is -0.450. The molecule has 3 heterocycles. The molecule has 3 nitrogen and oxygen atoms in total. The Morgan fingerprint density at radius 2 is 2.53 bits per heavy atom. The van der Waals surface area contributed by atoms with E-state index in [4.69, 9.17) is 4.74 Å². The second kappa shape index (κ2) is 3.85. The number of rotatable bonds is 3. The summed E-state index contributed by atoms with van der Waals surface area (Å²) in [7, 11) is 0. The van der Waals surface area contributed by atoms with Gasteiger partial charge in [-0.2, -0.15) is 0 Å². The lowest BCUT2D eigenvalue weighted by Gasteiger charge is -2.23. The fourth-order valence-corrected chi connectivity index (χ4v) is 3.43. The Bertz CT molecular complexity index is 327. The molecule has 0 aliphatic carbocycles. The Labute approximate surface area is 93.1 Å². The standard InChI is InChI=1S/C11H15NO2S/c13-9(6-11-12-3-4-15-11)8-5-7-1-2-10(8)14-7/h3-4,7-10,13H,1-2,5-6H2. The van der Waals surface area contributed by atoms with Gasteiger partial charge in [-0.25, -0.2) is 4.98 Å². The summed E-state index contributed by atoms with van der Waals surface area (Å²) in [6.45, 7) is 0. The zero-order chi connectivity index (χ0) is 10.3. The summed E-state index contributed by atoms with van der Waals surface area (Å²) < 4.78 is 5.75. The van der Waals surface area contributed by atoms with E-state index in [0.717, 1.165) is 17.8 Å². The molecule has 15 heavy (non-hydrogen) atoms. The van der Waals surface area contributed by atoms with Crippen LogP contribution in [0.4, 0.5) is 0 Å². The molecular formula is C11H15NO2S. The van der Waals surface area contributed by atoms with E-state index in [1.165, 1.54) is 6.42 Å². The molecule has 2 bridgehead atoms. The third-order valence-electron chi connectivity index (χ3n) is 3.51. The maximum Gasteiger partial charge on any atom is 0.0950 e. The molecule has 2 aliphatic heterocycles. The van der Waals surface area contributed by atoms with Crippen LogP contribution in [0.1, 0.15) is 24.3 Å². The van der Waals surface area contributed by atoms with Gasteiger partial charge < -0.3 is 9.84 Å². The Morgan fingerprint density at radius 1 is 1.60 bits per heavy atom.